The van der Waals surface area contributed by atoms with Gasteiger partial charge in [-0.1, -0.05) is 28.9 Å². The predicted octanol–water partition coefficient (Wildman–Crippen LogP) is 5.44. The van der Waals surface area contributed by atoms with Gasteiger partial charge in [-0.05, 0) is 74.1 Å². The number of anilines is 5. The number of urea groups is 1. The van der Waals surface area contributed by atoms with E-state index in [2.05, 4.69) is 48.5 Å². The first-order valence-electron chi connectivity index (χ1n) is 13.5. The highest BCUT2D eigenvalue weighted by Gasteiger charge is 2.26. The molecule has 2 aromatic heterocycles. The number of hydrogen-bond donors (Lipinski definition) is 4. The summed E-state index contributed by atoms with van der Waals surface area (Å²) in [6.07, 6.45) is 4.33. The van der Waals surface area contributed by atoms with E-state index in [4.69, 9.17) is 16.1 Å². The van der Waals surface area contributed by atoms with Gasteiger partial charge in [-0.2, -0.15) is 4.98 Å². The van der Waals surface area contributed by atoms with E-state index in [0.717, 1.165) is 34.6 Å². The number of rotatable bonds is 3. The van der Waals surface area contributed by atoms with Gasteiger partial charge in [-0.15, -0.1) is 0 Å². The average molecular weight is 573 g/mol. The second-order valence-corrected chi connectivity index (χ2v) is 10.6. The first-order valence-corrected chi connectivity index (χ1v) is 13.9. The number of amides is 3. The van der Waals surface area contributed by atoms with Gasteiger partial charge < -0.3 is 30.7 Å². The number of aromatic nitrogens is 3. The molecule has 0 atom stereocenters. The van der Waals surface area contributed by atoms with Gasteiger partial charge in [0.05, 0.1) is 6.20 Å². The van der Waals surface area contributed by atoms with Crippen LogP contribution in [-0.2, 0) is 12.8 Å². The molecule has 210 valence electrons. The second-order valence-electron chi connectivity index (χ2n) is 10.2. The van der Waals surface area contributed by atoms with Crippen molar-refractivity contribution in [2.24, 2.45) is 0 Å². The number of nitrogens with zero attached hydrogens (tertiary/aromatic N) is 4. The monoisotopic (exact) mass is 572 g/mol. The molecule has 2 aliphatic rings. The summed E-state index contributed by atoms with van der Waals surface area (Å²) < 4.78 is 5.03. The van der Waals surface area contributed by atoms with Crippen LogP contribution >= 0.6 is 11.6 Å². The normalized spacial score (nSPS) is 14.9. The molecule has 0 unspecified atom stereocenters. The molecule has 6 rings (SSSR count). The van der Waals surface area contributed by atoms with Crippen LogP contribution in [0.5, 0.6) is 0 Å². The van der Waals surface area contributed by atoms with Crippen LogP contribution in [0.25, 0.3) is 0 Å². The summed E-state index contributed by atoms with van der Waals surface area (Å²) in [7, 11) is 0. The Kier molecular flexibility index (Phi) is 7.43. The predicted molar refractivity (Wildman–Crippen MR) is 156 cm³/mol. The number of carbonyl (C=O) groups is 2. The average Bonchev–Trinajstić information content (AvgIpc) is 3.41. The molecule has 0 saturated carbocycles. The number of likely N-dealkylation sites (tertiary alicyclic amines) is 1. The Morgan fingerprint density at radius 2 is 1.88 bits per heavy atom. The molecule has 0 aliphatic carbocycles. The van der Waals surface area contributed by atoms with Crippen molar-refractivity contribution in [3.8, 4) is 0 Å². The molecule has 41 heavy (non-hydrogen) atoms. The van der Waals surface area contributed by atoms with E-state index in [-0.39, 0.29) is 18.0 Å². The minimum atomic E-state index is -0.281. The first-order chi connectivity index (χ1) is 19.9. The Morgan fingerprint density at radius 1 is 1.05 bits per heavy atom. The van der Waals surface area contributed by atoms with Crippen molar-refractivity contribution in [2.75, 3.05) is 29.0 Å². The third kappa shape index (κ3) is 6.25. The van der Waals surface area contributed by atoms with Gasteiger partial charge in [0.15, 0.2) is 11.5 Å². The van der Waals surface area contributed by atoms with Crippen LogP contribution < -0.4 is 21.3 Å². The Balaban J connectivity index is 1.14. The summed E-state index contributed by atoms with van der Waals surface area (Å²) in [4.78, 5) is 36.3. The molecule has 1 fully saturated rings. The summed E-state index contributed by atoms with van der Waals surface area (Å²) >= 11 is 6.37. The largest absolute Gasteiger partial charge is 0.361 e. The Hall–Kier alpha value is -4.64. The molecule has 2 aliphatic heterocycles. The summed E-state index contributed by atoms with van der Waals surface area (Å²) in [5.41, 5.74) is 4.81. The number of hydrogen-bond acceptors (Lipinski definition) is 8. The zero-order valence-corrected chi connectivity index (χ0v) is 23.2. The minimum Gasteiger partial charge on any atom is -0.361 e. The van der Waals surface area contributed by atoms with Crippen molar-refractivity contribution in [1.29, 1.82) is 0 Å². The van der Waals surface area contributed by atoms with Crippen LogP contribution in [0.4, 0.5) is 33.6 Å². The van der Waals surface area contributed by atoms with E-state index in [0.29, 0.717) is 60.6 Å². The van der Waals surface area contributed by atoms with Crippen molar-refractivity contribution in [1.82, 2.24) is 25.3 Å². The van der Waals surface area contributed by atoms with Gasteiger partial charge in [0.1, 0.15) is 10.8 Å². The van der Waals surface area contributed by atoms with E-state index >= 15 is 0 Å². The van der Waals surface area contributed by atoms with Crippen molar-refractivity contribution < 1.29 is 14.1 Å². The Morgan fingerprint density at radius 3 is 2.68 bits per heavy atom. The maximum absolute atomic E-state index is 13.0. The van der Waals surface area contributed by atoms with Crippen LogP contribution in [-0.4, -0.2) is 51.1 Å². The quantitative estimate of drug-likeness (QED) is 0.255. The molecule has 4 aromatic rings. The smallest absolute Gasteiger partial charge is 0.319 e. The fraction of sp³-hybridized carbons (Fsp3) is 0.276. The summed E-state index contributed by atoms with van der Waals surface area (Å²) in [5.74, 6) is 1.36. The van der Waals surface area contributed by atoms with Crippen LogP contribution in [0.15, 0.2) is 59.3 Å². The molecular weight excluding hydrogens is 544 g/mol. The summed E-state index contributed by atoms with van der Waals surface area (Å²) in [6, 6.07) is 15.1. The molecule has 1 saturated heterocycles. The Labute approximate surface area is 241 Å². The minimum absolute atomic E-state index is 0.0477. The second kappa shape index (κ2) is 11.5. The highest BCUT2D eigenvalue weighted by Crippen LogP contribution is 2.29. The third-order valence-electron chi connectivity index (χ3n) is 7.19. The number of nitrogens with one attached hydrogen (secondary N) is 4. The number of fused-ring (bicyclic) bond motifs is 6. The third-order valence-corrected chi connectivity index (χ3v) is 7.47. The standard InChI is InChI=1S/C29H29ClN8O3/c1-17-13-25(37-41-17)27(39)38-11-9-20(10-12-38)34-29(40)35-24-8-7-22-15-19(24)6-5-18-3-2-4-21(14-18)33-28-31-16-23(30)26(32-22)36-28/h2-4,7-8,13-16,20H,5-6,9-12H2,1H3,(H2,34,35,40)(H2,31,32,33,36). The van der Waals surface area contributed by atoms with E-state index in [9.17, 15) is 9.59 Å². The van der Waals surface area contributed by atoms with Gasteiger partial charge in [-0.3, -0.25) is 4.79 Å². The summed E-state index contributed by atoms with van der Waals surface area (Å²) in [5, 5.41) is 16.8. The lowest BCUT2D eigenvalue weighted by Crippen LogP contribution is -2.47. The van der Waals surface area contributed by atoms with E-state index in [1.807, 2.05) is 30.3 Å². The van der Waals surface area contributed by atoms with Crippen molar-refractivity contribution >= 4 is 52.4 Å². The maximum Gasteiger partial charge on any atom is 0.319 e. The van der Waals surface area contributed by atoms with Crippen LogP contribution in [0.1, 0.15) is 40.2 Å². The van der Waals surface area contributed by atoms with E-state index in [1.165, 1.54) is 0 Å². The first kappa shape index (κ1) is 26.6. The van der Waals surface area contributed by atoms with Crippen LogP contribution in [0, 0.1) is 6.92 Å². The lowest BCUT2D eigenvalue weighted by molar-refractivity contribution is 0.0698. The molecule has 6 bridgehead atoms. The fourth-order valence-electron chi connectivity index (χ4n) is 5.06. The lowest BCUT2D eigenvalue weighted by atomic mass is 10.0. The highest BCUT2D eigenvalue weighted by atomic mass is 35.5. The van der Waals surface area contributed by atoms with Gasteiger partial charge in [-0.25, -0.2) is 9.78 Å². The highest BCUT2D eigenvalue weighted by molar-refractivity contribution is 6.32. The van der Waals surface area contributed by atoms with E-state index < -0.39 is 0 Å². The topological polar surface area (TPSA) is 137 Å². The van der Waals surface area contributed by atoms with E-state index in [1.54, 1.807) is 24.1 Å². The van der Waals surface area contributed by atoms with Crippen molar-refractivity contribution in [3.63, 3.8) is 0 Å². The number of piperidine rings is 1. The summed E-state index contributed by atoms with van der Waals surface area (Å²) in [6.45, 7) is 2.81. The molecule has 0 radical (unpaired) electrons. The molecular formula is C29H29ClN8O3. The SMILES string of the molecule is Cc1cc(C(=O)N2CCC(NC(=O)Nc3ccc4cc3CCc3cccc(c3)Nc3ncc(Cl)c(n3)N4)CC2)no1. The zero-order valence-electron chi connectivity index (χ0n) is 22.4. The number of aryl methyl sites for hydroxylation is 3. The van der Waals surface area contributed by atoms with Crippen molar-refractivity contribution in [2.45, 2.75) is 38.6 Å². The molecule has 4 N–H and O–H groups in total. The van der Waals surface area contributed by atoms with Crippen LogP contribution in [0.2, 0.25) is 5.02 Å². The van der Waals surface area contributed by atoms with Crippen molar-refractivity contribution in [3.05, 3.63) is 82.3 Å². The molecule has 12 heteroatoms. The molecule has 4 heterocycles. The van der Waals surface area contributed by atoms with Gasteiger partial charge in [0.2, 0.25) is 5.95 Å². The number of carbonyl (C=O) groups excluding carboxylic acids is 2. The maximum atomic E-state index is 13.0. The molecule has 0 spiro atoms. The van der Waals surface area contributed by atoms with Gasteiger partial charge in [0.25, 0.3) is 5.91 Å². The van der Waals surface area contributed by atoms with Gasteiger partial charge >= 0.3 is 6.03 Å². The molecule has 3 amide bonds. The lowest BCUT2D eigenvalue weighted by Gasteiger charge is -2.32. The molecule has 11 nitrogen and oxygen atoms in total. The van der Waals surface area contributed by atoms with Gasteiger partial charge in [0, 0.05) is 42.3 Å². The van der Waals surface area contributed by atoms with Crippen LogP contribution in [0.3, 0.4) is 0 Å². The number of halogens is 1. The Bertz CT molecular complexity index is 1600. The molecule has 2 aromatic carbocycles. The number of benzene rings is 2. The fourth-order valence-corrected chi connectivity index (χ4v) is 5.20. The zero-order chi connectivity index (χ0) is 28.3.